The minimum atomic E-state index is 0. The molecule has 0 unspecified atom stereocenters. The first-order valence-electron chi connectivity index (χ1n) is 5.63. The van der Waals surface area contributed by atoms with Gasteiger partial charge in [0.15, 0.2) is 0 Å². The van der Waals surface area contributed by atoms with E-state index < -0.39 is 0 Å². The molecule has 2 nitrogen and oxygen atoms in total. The molecule has 0 aromatic carbocycles. The van der Waals surface area contributed by atoms with E-state index in [1.165, 1.54) is 6.42 Å². The number of rotatable bonds is 3. The van der Waals surface area contributed by atoms with Gasteiger partial charge in [-0.1, -0.05) is 27.2 Å². The molecule has 0 fully saturated rings. The molecule has 0 saturated heterocycles. The van der Waals surface area contributed by atoms with E-state index in [2.05, 4.69) is 44.5 Å². The van der Waals surface area contributed by atoms with Gasteiger partial charge in [-0.15, -0.1) is 0 Å². The Morgan fingerprint density at radius 3 is 0.938 bits per heavy atom. The molecule has 0 bridgehead atoms. The molecule has 0 amide bonds. The van der Waals surface area contributed by atoms with E-state index in [-0.39, 0.29) is 12.2 Å². The van der Waals surface area contributed by atoms with Crippen LogP contribution in [-0.2, 0) is 9.47 Å². The zero-order valence-electron chi connectivity index (χ0n) is 12.4. The molecule has 0 aliphatic heterocycles. The van der Waals surface area contributed by atoms with Crippen molar-refractivity contribution in [3.8, 4) is 0 Å². The molecule has 0 aromatic heterocycles. The van der Waals surface area contributed by atoms with Crippen molar-refractivity contribution in [1.29, 1.82) is 0 Å². The average molecular weight is 485 g/mol. The molecule has 16 heavy (non-hydrogen) atoms. The first-order chi connectivity index (χ1) is 6.81. The predicted molar refractivity (Wildman–Crippen MR) is 68.3 cm³/mol. The molecular weight excluding hydrogens is 455 g/mol. The Labute approximate surface area is 97.4 Å². The van der Waals surface area contributed by atoms with E-state index in [0.717, 1.165) is 5.92 Å². The largest absolute Gasteiger partial charge is 0.553 e. The third-order valence-corrected chi connectivity index (χ3v) is 1.48. The van der Waals surface area contributed by atoms with E-state index in [1.807, 2.05) is 27.7 Å². The summed E-state index contributed by atoms with van der Waals surface area (Å²) in [6.45, 7) is 14.4. The fraction of sp³-hybridized carbons (Fsp3) is 0.846. The Morgan fingerprint density at radius 1 is 0.812 bits per heavy atom. The Bertz CT molecular complexity index is 74.9. The number of hydrogen-bond acceptors (Lipinski definition) is 2. The first-order valence-corrected chi connectivity index (χ1v) is 5.63. The second-order valence-electron chi connectivity index (χ2n) is 4.23. The predicted octanol–water partition coefficient (Wildman–Crippen LogP) is 4.46. The standard InChI is InChI=1S/C5H12.2C4H9O.Rf/c1-4-5(2)3;2*1-4(2)5-3;/h5H,4H2,1-3H3;2*4H,3H2,1-2H3;/q;2*-1;. The molecular formula is C13H30O2Rf-2. The van der Waals surface area contributed by atoms with Crippen molar-refractivity contribution < 1.29 is 9.47 Å². The fourth-order valence-corrected chi connectivity index (χ4v) is 0. The molecule has 0 aliphatic carbocycles. The molecule has 0 spiro atoms. The van der Waals surface area contributed by atoms with Crippen LogP contribution < -0.4 is 0 Å². The molecule has 0 aromatic rings. The molecule has 0 radical (unpaired) electrons. The van der Waals surface area contributed by atoms with Gasteiger partial charge >= 0.3 is 0 Å². The molecule has 98 valence electrons. The smallest absolute Gasteiger partial charge is 0.0170 e. The summed E-state index contributed by atoms with van der Waals surface area (Å²) in [4.78, 5) is 0. The third-order valence-electron chi connectivity index (χ3n) is 1.48. The van der Waals surface area contributed by atoms with Crippen molar-refractivity contribution in [2.45, 2.75) is 67.1 Å². The van der Waals surface area contributed by atoms with Crippen LogP contribution in [0.15, 0.2) is 0 Å². The summed E-state index contributed by atoms with van der Waals surface area (Å²) < 4.78 is 9.00. The average Bonchev–Trinajstić information content (AvgIpc) is 2.19. The van der Waals surface area contributed by atoms with Crippen LogP contribution in [0.4, 0.5) is 0 Å². The van der Waals surface area contributed by atoms with Crippen LogP contribution in [0.25, 0.3) is 0 Å². The summed E-state index contributed by atoms with van der Waals surface area (Å²) in [6, 6.07) is 0. The summed E-state index contributed by atoms with van der Waals surface area (Å²) >= 11 is 0. The molecule has 3 heteroatoms. The Morgan fingerprint density at radius 2 is 0.938 bits per heavy atom. The normalized spacial score (nSPS) is 9.00. The molecule has 0 aliphatic rings. The van der Waals surface area contributed by atoms with Gasteiger partial charge in [-0.3, -0.25) is 0 Å². The zero-order valence-corrected chi connectivity index (χ0v) is 18.8. The van der Waals surface area contributed by atoms with Gasteiger partial charge in [-0.05, 0) is 33.6 Å². The minimum Gasteiger partial charge on any atom is -0.553 e. The van der Waals surface area contributed by atoms with Crippen LogP contribution in [-0.4, -0.2) is 12.2 Å². The second-order valence-corrected chi connectivity index (χ2v) is 4.23. The summed E-state index contributed by atoms with van der Waals surface area (Å²) in [5, 5.41) is 0. The van der Waals surface area contributed by atoms with Gasteiger partial charge in [-0.25, -0.2) is 14.2 Å². The summed E-state index contributed by atoms with van der Waals surface area (Å²) in [6.07, 6.45) is 1.85. The van der Waals surface area contributed by atoms with Crippen LogP contribution in [0.3, 0.4) is 0 Å². The fourth-order valence-electron chi connectivity index (χ4n) is 0. The monoisotopic (exact) mass is 485 g/mol. The van der Waals surface area contributed by atoms with Crippen molar-refractivity contribution in [1.82, 2.24) is 0 Å². The van der Waals surface area contributed by atoms with E-state index in [0.29, 0.717) is 0 Å². The maximum atomic E-state index is 4.50. The van der Waals surface area contributed by atoms with Crippen molar-refractivity contribution >= 4 is 0 Å². The van der Waals surface area contributed by atoms with E-state index in [1.54, 1.807) is 0 Å². The topological polar surface area (TPSA) is 18.5 Å². The number of hydrogen-bond donors (Lipinski definition) is 0. The molecule has 0 atom stereocenters. The van der Waals surface area contributed by atoms with Gasteiger partial charge in [0.2, 0.25) is 0 Å². The second kappa shape index (κ2) is 19.5. The van der Waals surface area contributed by atoms with Gasteiger partial charge in [0, 0.05) is 12.2 Å². The van der Waals surface area contributed by atoms with Crippen LogP contribution >= 0.6 is 0 Å². The van der Waals surface area contributed by atoms with Crippen LogP contribution in [0.1, 0.15) is 54.9 Å². The van der Waals surface area contributed by atoms with Gasteiger partial charge in [0.25, 0.3) is 0 Å². The van der Waals surface area contributed by atoms with Gasteiger partial charge in [0.05, 0.1) is 0 Å². The van der Waals surface area contributed by atoms with Crippen molar-refractivity contribution in [2.24, 2.45) is 5.92 Å². The zero-order chi connectivity index (χ0) is 12.9. The van der Waals surface area contributed by atoms with Gasteiger partial charge in [0.1, 0.15) is 0 Å². The summed E-state index contributed by atoms with van der Waals surface area (Å²) in [5.41, 5.74) is 0. The van der Waals surface area contributed by atoms with E-state index in [4.69, 9.17) is 0 Å². The van der Waals surface area contributed by atoms with Crippen molar-refractivity contribution in [3.63, 3.8) is 0 Å². The Balaban J connectivity index is -0.0000000655. The van der Waals surface area contributed by atoms with Crippen LogP contribution in [0.5, 0.6) is 0 Å². The maximum absolute atomic E-state index is 4.50. The van der Waals surface area contributed by atoms with Crippen molar-refractivity contribution in [2.75, 3.05) is 0 Å². The first kappa shape index (κ1) is 24.2. The molecule has 0 saturated carbocycles. The van der Waals surface area contributed by atoms with E-state index in [9.17, 15) is 0 Å². The van der Waals surface area contributed by atoms with Crippen LogP contribution in [0, 0.1) is 20.1 Å². The molecule has 0 rings (SSSR count). The van der Waals surface area contributed by atoms with Crippen molar-refractivity contribution in [3.05, 3.63) is 14.2 Å². The van der Waals surface area contributed by atoms with E-state index >= 15 is 0 Å². The van der Waals surface area contributed by atoms with Crippen LogP contribution in [0.2, 0.25) is 0 Å². The Kier molecular flexibility index (Phi) is 29.5. The molecule has 0 heterocycles. The van der Waals surface area contributed by atoms with Gasteiger partial charge < -0.3 is 9.47 Å². The number of ether oxygens (including phenoxy) is 2. The Hall–Kier alpha value is -1.08. The summed E-state index contributed by atoms with van der Waals surface area (Å²) in [5.74, 6) is 0.884. The quantitative estimate of drug-likeness (QED) is 0.550. The van der Waals surface area contributed by atoms with Gasteiger partial charge in [-0.2, -0.15) is 0 Å². The summed E-state index contributed by atoms with van der Waals surface area (Å²) in [7, 11) is 6.37. The minimum absolute atomic E-state index is 0. The maximum Gasteiger partial charge on any atom is 0.0170 e. The molecule has 0 N–H and O–H groups in total. The SMILES string of the molecule is CCC(C)C.[CH2-]OC(C)C.[CH2-]OC(C)C.[Rf]. The third kappa shape index (κ3) is 75.8.